The molecule has 354 valence electrons. The van der Waals surface area contributed by atoms with Crippen LogP contribution in [0.3, 0.4) is 0 Å². The van der Waals surface area contributed by atoms with Crippen LogP contribution in [0.15, 0.2) is 160 Å². The van der Waals surface area contributed by atoms with Crippen LogP contribution in [0.5, 0.6) is 0 Å². The smallest absolute Gasteiger partial charge is 0.399 e. The minimum absolute atomic E-state index is 0.0474. The third kappa shape index (κ3) is 10.1. The highest BCUT2D eigenvalue weighted by Crippen LogP contribution is 2.37. The number of pyridine rings is 2. The number of nitrogens with zero attached hydrogens (tertiary/aromatic N) is 2. The van der Waals surface area contributed by atoms with Crippen LogP contribution in [0.25, 0.3) is 32.7 Å². The Morgan fingerprint density at radius 1 is 0.543 bits per heavy atom. The van der Waals surface area contributed by atoms with E-state index < -0.39 is 0 Å². The standard InChI is InChI=1S/C26H22N2O2.C23H28BNO3.C9H6BrNO/c1-17-12-18(13-25(29)28-15-19-6-2-3-7-20(19)16-28)10-11-21(17)24-14-27-26(30)23-9-5-4-8-22(23)24;1-16-12-17(10-11-20(16)24-27-22(2,3)23(4,5)28-24)13-21(26)25-14-18-8-6-7-9-19(18)15-25;10-8-5-11-9(12)7-4-2-1-3-6(7)8/h2-12,14H,13,15-16H2,1H3,(H,27,30);6-12H,13-15H2,1-5H3;1-5H,(H,11,12). The van der Waals surface area contributed by atoms with Gasteiger partial charge >= 0.3 is 7.12 Å². The van der Waals surface area contributed by atoms with Crippen LogP contribution in [0.4, 0.5) is 0 Å². The molecule has 11 rings (SSSR count). The summed E-state index contributed by atoms with van der Waals surface area (Å²) in [6.07, 6.45) is 4.24. The Bertz CT molecular complexity index is 3350. The minimum Gasteiger partial charge on any atom is -0.399 e. The van der Waals surface area contributed by atoms with Gasteiger partial charge in [0.05, 0.1) is 24.0 Å². The highest BCUT2D eigenvalue weighted by molar-refractivity contribution is 9.10. The number of hydrogen-bond acceptors (Lipinski definition) is 6. The SMILES string of the molecule is Cc1cc(CC(=O)N2Cc3ccccc3C2)ccc1-c1c[nH]c(=O)c2ccccc12.Cc1cc(CC(=O)N2Cc3ccccc3C2)ccc1B1OC(C)(C)C(C)(C)O1.O=c1[nH]cc(Br)c2ccccc12. The van der Waals surface area contributed by atoms with Crippen LogP contribution in [0.2, 0.25) is 0 Å². The second-order valence-corrected chi connectivity index (χ2v) is 20.3. The number of carbonyl (C=O) groups is 2. The number of amides is 2. The van der Waals surface area contributed by atoms with Gasteiger partial charge in [-0.25, -0.2) is 0 Å². The molecule has 0 spiro atoms. The molecule has 0 unspecified atom stereocenters. The zero-order valence-corrected chi connectivity index (χ0v) is 42.0. The van der Waals surface area contributed by atoms with Gasteiger partial charge in [0.1, 0.15) is 0 Å². The van der Waals surface area contributed by atoms with E-state index in [0.717, 1.165) is 54.1 Å². The van der Waals surface area contributed by atoms with Gasteiger partial charge in [-0.2, -0.15) is 0 Å². The first kappa shape index (κ1) is 48.2. The fourth-order valence-corrected chi connectivity index (χ4v) is 9.88. The van der Waals surface area contributed by atoms with Crippen molar-refractivity contribution >= 4 is 61.9 Å². The van der Waals surface area contributed by atoms with Crippen molar-refractivity contribution in [3.05, 3.63) is 216 Å². The Morgan fingerprint density at radius 3 is 1.43 bits per heavy atom. The van der Waals surface area contributed by atoms with Crippen LogP contribution in [-0.4, -0.2) is 49.9 Å². The van der Waals surface area contributed by atoms with Crippen LogP contribution in [0, 0.1) is 13.8 Å². The zero-order chi connectivity index (χ0) is 49.3. The van der Waals surface area contributed by atoms with E-state index in [2.05, 4.69) is 110 Å². The molecule has 10 nitrogen and oxygen atoms in total. The van der Waals surface area contributed by atoms with E-state index in [0.29, 0.717) is 49.8 Å². The van der Waals surface area contributed by atoms with E-state index >= 15 is 0 Å². The van der Waals surface area contributed by atoms with Crippen molar-refractivity contribution in [1.82, 2.24) is 19.8 Å². The van der Waals surface area contributed by atoms with Crippen molar-refractivity contribution in [3.63, 3.8) is 0 Å². The van der Waals surface area contributed by atoms with Crippen LogP contribution in [0.1, 0.15) is 72.2 Å². The van der Waals surface area contributed by atoms with E-state index in [1.807, 2.05) is 94.7 Å². The van der Waals surface area contributed by atoms with Crippen molar-refractivity contribution in [2.45, 2.75) is 91.8 Å². The molecule has 3 aliphatic rings. The predicted molar refractivity (Wildman–Crippen MR) is 283 cm³/mol. The number of halogens is 1. The van der Waals surface area contributed by atoms with Gasteiger partial charge in [-0.1, -0.05) is 127 Å². The van der Waals surface area contributed by atoms with Crippen molar-refractivity contribution in [3.8, 4) is 11.1 Å². The lowest BCUT2D eigenvalue weighted by Gasteiger charge is -2.32. The summed E-state index contributed by atoms with van der Waals surface area (Å²) in [4.78, 5) is 58.4. The monoisotopic (exact) mass is 994 g/mol. The molecule has 0 atom stereocenters. The summed E-state index contributed by atoms with van der Waals surface area (Å²) in [6, 6.07) is 43.9. The summed E-state index contributed by atoms with van der Waals surface area (Å²) in [5.74, 6) is 0.312. The van der Waals surface area contributed by atoms with Gasteiger partial charge in [0.25, 0.3) is 11.1 Å². The fourth-order valence-electron chi connectivity index (χ4n) is 9.42. The number of H-pyrrole nitrogens is 2. The van der Waals surface area contributed by atoms with E-state index in [-0.39, 0.29) is 41.3 Å². The Kier molecular flexibility index (Phi) is 13.7. The van der Waals surface area contributed by atoms with Gasteiger partial charge in [0.15, 0.2) is 0 Å². The molecule has 0 bridgehead atoms. The molecule has 0 radical (unpaired) electrons. The molecule has 1 fully saturated rings. The average Bonchev–Trinajstić information content (AvgIpc) is 4.05. The number of aryl methyl sites for hydroxylation is 2. The van der Waals surface area contributed by atoms with E-state index in [1.54, 1.807) is 18.5 Å². The molecule has 1 saturated heterocycles. The van der Waals surface area contributed by atoms with Crippen molar-refractivity contribution in [1.29, 1.82) is 0 Å². The Hall–Kier alpha value is -6.86. The molecular formula is C58H56BBrN4O6. The van der Waals surface area contributed by atoms with E-state index in [4.69, 9.17) is 9.31 Å². The number of carbonyl (C=O) groups excluding carboxylic acids is 2. The molecule has 2 amide bonds. The van der Waals surface area contributed by atoms with Gasteiger partial charge in [-0.05, 0) is 125 Å². The lowest BCUT2D eigenvalue weighted by Crippen LogP contribution is -2.41. The number of hydrogen-bond donors (Lipinski definition) is 2. The lowest BCUT2D eigenvalue weighted by molar-refractivity contribution is -0.131. The van der Waals surface area contributed by atoms with E-state index in [1.165, 1.54) is 22.3 Å². The molecule has 6 aromatic carbocycles. The largest absolute Gasteiger partial charge is 0.495 e. The second-order valence-electron chi connectivity index (χ2n) is 19.4. The second kappa shape index (κ2) is 19.9. The molecule has 70 heavy (non-hydrogen) atoms. The van der Waals surface area contributed by atoms with Gasteiger partial charge in [-0.15, -0.1) is 0 Å². The average molecular weight is 996 g/mol. The number of nitrogens with one attached hydrogen (secondary N) is 2. The molecule has 0 saturated carbocycles. The van der Waals surface area contributed by atoms with Crippen molar-refractivity contribution in [2.24, 2.45) is 0 Å². The molecular weight excluding hydrogens is 939 g/mol. The van der Waals surface area contributed by atoms with Crippen molar-refractivity contribution < 1.29 is 18.9 Å². The van der Waals surface area contributed by atoms with E-state index in [9.17, 15) is 19.2 Å². The van der Waals surface area contributed by atoms with Crippen LogP contribution in [-0.2, 0) is 57.9 Å². The quantitative estimate of drug-likeness (QED) is 0.160. The molecule has 3 aliphatic heterocycles. The number of fused-ring (bicyclic) bond motifs is 4. The normalized spacial score (nSPS) is 15.2. The molecule has 12 heteroatoms. The molecule has 5 heterocycles. The van der Waals surface area contributed by atoms with Crippen LogP contribution >= 0.6 is 15.9 Å². The highest BCUT2D eigenvalue weighted by Gasteiger charge is 2.52. The van der Waals surface area contributed by atoms with Gasteiger partial charge < -0.3 is 29.1 Å². The maximum atomic E-state index is 12.8. The number of benzene rings is 6. The third-order valence-corrected chi connectivity index (χ3v) is 14.7. The van der Waals surface area contributed by atoms with Crippen molar-refractivity contribution in [2.75, 3.05) is 0 Å². The first-order chi connectivity index (χ1) is 33.5. The maximum Gasteiger partial charge on any atom is 0.495 e. The summed E-state index contributed by atoms with van der Waals surface area (Å²) < 4.78 is 13.3. The Balaban J connectivity index is 0.000000141. The Morgan fingerprint density at radius 2 is 0.957 bits per heavy atom. The summed E-state index contributed by atoms with van der Waals surface area (Å²) in [5, 5.41) is 3.28. The molecule has 2 aromatic heterocycles. The first-order valence-electron chi connectivity index (χ1n) is 23.7. The van der Waals surface area contributed by atoms with Gasteiger partial charge in [-0.3, -0.25) is 19.2 Å². The first-order valence-corrected chi connectivity index (χ1v) is 24.4. The number of aromatic nitrogens is 2. The summed E-state index contributed by atoms with van der Waals surface area (Å²) >= 11 is 3.36. The minimum atomic E-state index is -0.372. The lowest BCUT2D eigenvalue weighted by atomic mass is 9.75. The van der Waals surface area contributed by atoms with Crippen LogP contribution < -0.4 is 16.6 Å². The molecule has 2 N–H and O–H groups in total. The third-order valence-electron chi connectivity index (χ3n) is 14.1. The number of rotatable bonds is 6. The number of aromatic amines is 2. The fraction of sp³-hybridized carbons (Fsp3) is 0.241. The molecule has 0 aliphatic carbocycles. The summed E-state index contributed by atoms with van der Waals surface area (Å²) in [6.45, 7) is 15.1. The molecule has 8 aromatic rings. The summed E-state index contributed by atoms with van der Waals surface area (Å²) in [7, 11) is -0.372. The predicted octanol–water partition coefficient (Wildman–Crippen LogP) is 10.3. The highest BCUT2D eigenvalue weighted by atomic mass is 79.9. The Labute approximate surface area is 417 Å². The summed E-state index contributed by atoms with van der Waals surface area (Å²) in [5.41, 5.74) is 11.4. The maximum absolute atomic E-state index is 12.8. The van der Waals surface area contributed by atoms with Gasteiger partial charge in [0.2, 0.25) is 11.8 Å². The zero-order valence-electron chi connectivity index (χ0n) is 40.4. The topological polar surface area (TPSA) is 125 Å². The van der Waals surface area contributed by atoms with Gasteiger partial charge in [0, 0.05) is 64.8 Å².